The van der Waals surface area contributed by atoms with Gasteiger partial charge in [-0.3, -0.25) is 14.4 Å². The zero-order valence-corrected chi connectivity index (χ0v) is 13.2. The van der Waals surface area contributed by atoms with Gasteiger partial charge in [-0.05, 0) is 26.3 Å². The van der Waals surface area contributed by atoms with Gasteiger partial charge in [0.15, 0.2) is 17.3 Å². The van der Waals surface area contributed by atoms with E-state index in [1.165, 1.54) is 20.8 Å². The summed E-state index contributed by atoms with van der Waals surface area (Å²) in [4.78, 5) is 37.1. The second-order valence-corrected chi connectivity index (χ2v) is 5.56. The molecular formula is C18H19NO3. The molecule has 0 aromatic heterocycles. The number of allylic oxidation sites excluding steroid dienone is 2. The number of rotatable bonds is 4. The quantitative estimate of drug-likeness (QED) is 0.802. The van der Waals surface area contributed by atoms with E-state index in [1.54, 1.807) is 48.6 Å². The maximum Gasteiger partial charge on any atom is 0.159 e. The highest BCUT2D eigenvalue weighted by molar-refractivity contribution is 6.02. The van der Waals surface area contributed by atoms with Crippen molar-refractivity contribution >= 4 is 17.3 Å². The molecule has 0 saturated carbocycles. The summed E-state index contributed by atoms with van der Waals surface area (Å²) in [5.41, 5.74) is 2.59. The normalized spacial score (nSPS) is 15.2. The average molecular weight is 297 g/mol. The zero-order valence-electron chi connectivity index (χ0n) is 13.2. The Balaban J connectivity index is 2.53. The van der Waals surface area contributed by atoms with Crippen molar-refractivity contribution in [1.82, 2.24) is 4.90 Å². The number of Topliss-reactive ketones (excluding diaryl/α,β-unsaturated/α-hetero) is 3. The molecule has 1 heterocycles. The summed E-state index contributed by atoms with van der Waals surface area (Å²) in [6.45, 7) is 4.51. The second-order valence-electron chi connectivity index (χ2n) is 5.56. The van der Waals surface area contributed by atoms with Crippen molar-refractivity contribution in [2.24, 2.45) is 0 Å². The molecule has 1 aromatic carbocycles. The van der Waals surface area contributed by atoms with Crippen LogP contribution in [0.5, 0.6) is 0 Å². The highest BCUT2D eigenvalue weighted by atomic mass is 16.1. The van der Waals surface area contributed by atoms with Crippen LogP contribution >= 0.6 is 0 Å². The largest absolute Gasteiger partial charge is 0.356 e. The topological polar surface area (TPSA) is 54.5 Å². The van der Waals surface area contributed by atoms with Crippen LogP contribution in [0.15, 0.2) is 47.8 Å². The first kappa shape index (κ1) is 15.9. The van der Waals surface area contributed by atoms with Gasteiger partial charge < -0.3 is 4.90 Å². The molecule has 0 amide bonds. The molecule has 2 rings (SSSR count). The van der Waals surface area contributed by atoms with Crippen LogP contribution in [0.2, 0.25) is 0 Å². The van der Waals surface area contributed by atoms with Crippen LogP contribution in [-0.4, -0.2) is 29.3 Å². The molecule has 4 heteroatoms. The molecule has 0 fully saturated rings. The third-order valence-electron chi connectivity index (χ3n) is 3.77. The molecule has 22 heavy (non-hydrogen) atoms. The van der Waals surface area contributed by atoms with E-state index in [1.807, 2.05) is 0 Å². The Bertz CT molecular complexity index is 664. The van der Waals surface area contributed by atoms with E-state index in [0.29, 0.717) is 16.7 Å². The number of hydrogen-bond acceptors (Lipinski definition) is 4. The van der Waals surface area contributed by atoms with E-state index in [4.69, 9.17) is 0 Å². The summed E-state index contributed by atoms with van der Waals surface area (Å²) in [7, 11) is 1.79. The Kier molecular flexibility index (Phi) is 4.40. The molecule has 0 saturated heterocycles. The summed E-state index contributed by atoms with van der Waals surface area (Å²) in [5, 5.41) is 0. The molecule has 0 N–H and O–H groups in total. The fourth-order valence-corrected chi connectivity index (χ4v) is 2.65. The van der Waals surface area contributed by atoms with Gasteiger partial charge in [-0.25, -0.2) is 0 Å². The first-order chi connectivity index (χ1) is 10.3. The minimum atomic E-state index is -0.382. The lowest BCUT2D eigenvalue weighted by atomic mass is 9.80. The van der Waals surface area contributed by atoms with Crippen molar-refractivity contribution < 1.29 is 14.4 Å². The molecule has 0 unspecified atom stereocenters. The fraction of sp³-hybridized carbons (Fsp3) is 0.278. The second kappa shape index (κ2) is 6.10. The van der Waals surface area contributed by atoms with Crippen LogP contribution in [0, 0.1) is 0 Å². The number of benzene rings is 1. The molecule has 0 atom stereocenters. The summed E-state index contributed by atoms with van der Waals surface area (Å²) >= 11 is 0. The zero-order chi connectivity index (χ0) is 16.4. The van der Waals surface area contributed by atoms with E-state index in [0.717, 1.165) is 5.56 Å². The minimum Gasteiger partial charge on any atom is -0.356 e. The summed E-state index contributed by atoms with van der Waals surface area (Å²) in [6.07, 6.45) is 3.50. The number of carbonyl (C=O) groups is 3. The van der Waals surface area contributed by atoms with E-state index in [2.05, 4.69) is 0 Å². The van der Waals surface area contributed by atoms with Gasteiger partial charge in [0.1, 0.15) is 0 Å². The highest BCUT2D eigenvalue weighted by Gasteiger charge is 2.30. The van der Waals surface area contributed by atoms with Crippen LogP contribution in [0.1, 0.15) is 42.6 Å². The van der Waals surface area contributed by atoms with Crippen LogP contribution in [0.4, 0.5) is 0 Å². The maximum absolute atomic E-state index is 12.0. The SMILES string of the molecule is CC(=O)C1=CN(C)C=C(C(C)=O)C1c1ccc(C(C)=O)cc1. The Morgan fingerprint density at radius 2 is 1.27 bits per heavy atom. The third-order valence-corrected chi connectivity index (χ3v) is 3.77. The molecule has 1 aliphatic rings. The van der Waals surface area contributed by atoms with E-state index < -0.39 is 0 Å². The Labute approximate surface area is 130 Å². The molecule has 1 aromatic rings. The number of ketones is 3. The highest BCUT2D eigenvalue weighted by Crippen LogP contribution is 2.36. The van der Waals surface area contributed by atoms with Crippen molar-refractivity contribution in [1.29, 1.82) is 0 Å². The van der Waals surface area contributed by atoms with Gasteiger partial charge in [0.2, 0.25) is 0 Å². The lowest BCUT2D eigenvalue weighted by Crippen LogP contribution is -2.24. The van der Waals surface area contributed by atoms with Gasteiger partial charge >= 0.3 is 0 Å². The minimum absolute atomic E-state index is 0.0143. The molecule has 1 aliphatic heterocycles. The van der Waals surface area contributed by atoms with Gasteiger partial charge in [-0.1, -0.05) is 24.3 Å². The summed E-state index contributed by atoms with van der Waals surface area (Å²) in [6, 6.07) is 7.07. The monoisotopic (exact) mass is 297 g/mol. The van der Waals surface area contributed by atoms with Gasteiger partial charge in [0, 0.05) is 42.1 Å². The maximum atomic E-state index is 12.0. The van der Waals surface area contributed by atoms with Crippen molar-refractivity contribution in [3.05, 3.63) is 58.9 Å². The Morgan fingerprint density at radius 3 is 1.64 bits per heavy atom. The molecular weight excluding hydrogens is 278 g/mol. The first-order valence-electron chi connectivity index (χ1n) is 7.09. The molecule has 114 valence electrons. The van der Waals surface area contributed by atoms with Crippen molar-refractivity contribution in [2.45, 2.75) is 26.7 Å². The fourth-order valence-electron chi connectivity index (χ4n) is 2.65. The van der Waals surface area contributed by atoms with Gasteiger partial charge in [-0.2, -0.15) is 0 Å². The summed E-state index contributed by atoms with van der Waals surface area (Å²) < 4.78 is 0. The van der Waals surface area contributed by atoms with Crippen molar-refractivity contribution in [2.75, 3.05) is 7.05 Å². The van der Waals surface area contributed by atoms with E-state index >= 15 is 0 Å². The van der Waals surface area contributed by atoms with E-state index in [-0.39, 0.29) is 23.3 Å². The van der Waals surface area contributed by atoms with Crippen LogP contribution < -0.4 is 0 Å². The van der Waals surface area contributed by atoms with Gasteiger partial charge in [0.05, 0.1) is 0 Å². The molecule has 0 bridgehead atoms. The predicted octanol–water partition coefficient (Wildman–Crippen LogP) is 2.86. The lowest BCUT2D eigenvalue weighted by molar-refractivity contribution is -0.114. The van der Waals surface area contributed by atoms with Crippen molar-refractivity contribution in [3.8, 4) is 0 Å². The first-order valence-corrected chi connectivity index (χ1v) is 7.09. The third kappa shape index (κ3) is 3.06. The smallest absolute Gasteiger partial charge is 0.159 e. The van der Waals surface area contributed by atoms with Crippen LogP contribution in [0.3, 0.4) is 0 Å². The summed E-state index contributed by atoms with van der Waals surface area (Å²) in [5.74, 6) is -0.537. The van der Waals surface area contributed by atoms with Gasteiger partial charge in [-0.15, -0.1) is 0 Å². The number of nitrogens with zero attached hydrogens (tertiary/aromatic N) is 1. The lowest BCUT2D eigenvalue weighted by Gasteiger charge is -2.28. The van der Waals surface area contributed by atoms with Crippen LogP contribution in [-0.2, 0) is 9.59 Å². The number of carbonyl (C=O) groups excluding carboxylic acids is 3. The van der Waals surface area contributed by atoms with E-state index in [9.17, 15) is 14.4 Å². The molecule has 0 radical (unpaired) electrons. The predicted molar refractivity (Wildman–Crippen MR) is 84.5 cm³/mol. The Morgan fingerprint density at radius 1 is 0.818 bits per heavy atom. The standard InChI is InChI=1S/C18H19NO3/c1-11(20)14-5-7-15(8-6-14)18-16(12(2)21)9-19(4)10-17(18)13(3)22/h5-10,18H,1-4H3. The molecule has 4 nitrogen and oxygen atoms in total. The number of hydrogen-bond donors (Lipinski definition) is 0. The van der Waals surface area contributed by atoms with Crippen LogP contribution in [0.25, 0.3) is 0 Å². The molecule has 0 spiro atoms. The Hall–Kier alpha value is -2.49. The average Bonchev–Trinajstić information content (AvgIpc) is 2.46. The van der Waals surface area contributed by atoms with Crippen molar-refractivity contribution in [3.63, 3.8) is 0 Å². The molecule has 0 aliphatic carbocycles. The van der Waals surface area contributed by atoms with Gasteiger partial charge in [0.25, 0.3) is 0 Å².